The quantitative estimate of drug-likeness (QED) is 0.653. The van der Waals surface area contributed by atoms with Gasteiger partial charge >= 0.3 is 0 Å². The highest BCUT2D eigenvalue weighted by molar-refractivity contribution is 7.98. The summed E-state index contributed by atoms with van der Waals surface area (Å²) in [4.78, 5) is 18.1. The standard InChI is InChI=1S/C18H19N3O2S2/c1-11-6-8-24-16(11)9-20-17(22)14-5-4-7-19-18(14)25-10-15-12(2)21-23-13(15)3/h4-8H,9-10H2,1-3H3,(H,20,22). The number of carbonyl (C=O) groups is 1. The number of rotatable bonds is 6. The van der Waals surface area contributed by atoms with Crippen LogP contribution in [-0.4, -0.2) is 16.0 Å². The van der Waals surface area contributed by atoms with Gasteiger partial charge in [0.1, 0.15) is 10.8 Å². The molecular weight excluding hydrogens is 354 g/mol. The molecule has 0 aliphatic rings. The van der Waals surface area contributed by atoms with E-state index in [9.17, 15) is 4.79 Å². The van der Waals surface area contributed by atoms with E-state index in [0.29, 0.717) is 22.9 Å². The Kier molecular flexibility index (Phi) is 5.55. The second-order valence-corrected chi connectivity index (χ2v) is 7.62. The van der Waals surface area contributed by atoms with E-state index in [1.165, 1.54) is 22.2 Å². The molecule has 130 valence electrons. The van der Waals surface area contributed by atoms with Crippen molar-refractivity contribution in [2.75, 3.05) is 0 Å². The first kappa shape index (κ1) is 17.7. The molecule has 0 radical (unpaired) electrons. The summed E-state index contributed by atoms with van der Waals surface area (Å²) < 4.78 is 5.19. The third-order valence-electron chi connectivity index (χ3n) is 3.93. The third kappa shape index (κ3) is 4.11. The van der Waals surface area contributed by atoms with Gasteiger partial charge in [0.15, 0.2) is 0 Å². The van der Waals surface area contributed by atoms with Gasteiger partial charge in [0.05, 0.1) is 17.8 Å². The molecular formula is C18H19N3O2S2. The Balaban J connectivity index is 1.69. The Morgan fingerprint density at radius 2 is 2.16 bits per heavy atom. The van der Waals surface area contributed by atoms with E-state index in [1.54, 1.807) is 29.7 Å². The molecule has 5 nitrogen and oxygen atoms in total. The zero-order valence-corrected chi connectivity index (χ0v) is 16.0. The van der Waals surface area contributed by atoms with Crippen molar-refractivity contribution >= 4 is 29.0 Å². The number of aromatic nitrogens is 2. The van der Waals surface area contributed by atoms with Crippen molar-refractivity contribution < 1.29 is 9.32 Å². The number of nitrogens with one attached hydrogen (secondary N) is 1. The fourth-order valence-corrected chi connectivity index (χ4v) is 4.36. The van der Waals surface area contributed by atoms with Crippen LogP contribution in [0.15, 0.2) is 39.3 Å². The SMILES string of the molecule is Cc1ccsc1CNC(=O)c1cccnc1SCc1c(C)noc1C. The number of aryl methyl sites for hydroxylation is 3. The van der Waals surface area contributed by atoms with Crippen molar-refractivity contribution in [2.45, 2.75) is 38.1 Å². The second-order valence-electron chi connectivity index (χ2n) is 5.66. The summed E-state index contributed by atoms with van der Waals surface area (Å²) in [6.07, 6.45) is 1.70. The second kappa shape index (κ2) is 7.84. The highest BCUT2D eigenvalue weighted by Gasteiger charge is 2.15. The number of amides is 1. The summed E-state index contributed by atoms with van der Waals surface area (Å²) in [5.41, 5.74) is 3.72. The molecule has 25 heavy (non-hydrogen) atoms. The first-order valence-electron chi connectivity index (χ1n) is 7.87. The van der Waals surface area contributed by atoms with Crippen molar-refractivity contribution in [2.24, 2.45) is 0 Å². The van der Waals surface area contributed by atoms with Crippen LogP contribution in [0.3, 0.4) is 0 Å². The van der Waals surface area contributed by atoms with Crippen LogP contribution in [0.4, 0.5) is 0 Å². The molecule has 1 N–H and O–H groups in total. The van der Waals surface area contributed by atoms with Gasteiger partial charge < -0.3 is 9.84 Å². The van der Waals surface area contributed by atoms with Crippen LogP contribution in [-0.2, 0) is 12.3 Å². The van der Waals surface area contributed by atoms with E-state index in [4.69, 9.17) is 4.52 Å². The maximum atomic E-state index is 12.6. The summed E-state index contributed by atoms with van der Waals surface area (Å²) in [5.74, 6) is 1.37. The van der Waals surface area contributed by atoms with Gasteiger partial charge in [-0.1, -0.05) is 5.16 Å². The molecule has 1 amide bonds. The lowest BCUT2D eigenvalue weighted by molar-refractivity contribution is 0.0947. The minimum absolute atomic E-state index is 0.109. The number of nitrogens with zero attached hydrogens (tertiary/aromatic N) is 2. The summed E-state index contributed by atoms with van der Waals surface area (Å²) in [5, 5.41) is 9.70. The Labute approximate surface area is 154 Å². The number of thioether (sulfide) groups is 1. The zero-order valence-electron chi connectivity index (χ0n) is 14.3. The van der Waals surface area contributed by atoms with Crippen LogP contribution in [0.25, 0.3) is 0 Å². The van der Waals surface area contributed by atoms with Crippen LogP contribution in [0, 0.1) is 20.8 Å². The van der Waals surface area contributed by atoms with Gasteiger partial charge in [-0.25, -0.2) is 4.98 Å². The lowest BCUT2D eigenvalue weighted by Crippen LogP contribution is -2.23. The summed E-state index contributed by atoms with van der Waals surface area (Å²) in [6.45, 7) is 6.39. The average Bonchev–Trinajstić information content (AvgIpc) is 3.16. The highest BCUT2D eigenvalue weighted by atomic mass is 32.2. The van der Waals surface area contributed by atoms with Gasteiger partial charge in [-0.3, -0.25) is 4.79 Å². The molecule has 3 rings (SSSR count). The predicted octanol–water partition coefficient (Wildman–Crippen LogP) is 4.28. The monoisotopic (exact) mass is 373 g/mol. The summed E-state index contributed by atoms with van der Waals surface area (Å²) in [7, 11) is 0. The van der Waals surface area contributed by atoms with E-state index >= 15 is 0 Å². The Morgan fingerprint density at radius 3 is 2.84 bits per heavy atom. The smallest absolute Gasteiger partial charge is 0.254 e. The van der Waals surface area contributed by atoms with Crippen molar-refractivity contribution in [1.82, 2.24) is 15.5 Å². The van der Waals surface area contributed by atoms with Crippen LogP contribution < -0.4 is 5.32 Å². The van der Waals surface area contributed by atoms with E-state index in [0.717, 1.165) is 17.0 Å². The molecule has 3 aromatic heterocycles. The first-order chi connectivity index (χ1) is 12.1. The van der Waals surface area contributed by atoms with Gasteiger partial charge in [-0.05, 0) is 49.9 Å². The molecule has 0 saturated carbocycles. The molecule has 0 unspecified atom stereocenters. The van der Waals surface area contributed by atoms with Gasteiger partial charge in [0, 0.05) is 22.4 Å². The van der Waals surface area contributed by atoms with Crippen molar-refractivity contribution in [3.63, 3.8) is 0 Å². The Bertz CT molecular complexity index is 867. The lowest BCUT2D eigenvalue weighted by atomic mass is 10.2. The minimum Gasteiger partial charge on any atom is -0.361 e. The molecule has 3 aromatic rings. The zero-order chi connectivity index (χ0) is 17.8. The maximum absolute atomic E-state index is 12.6. The van der Waals surface area contributed by atoms with E-state index in [-0.39, 0.29) is 5.91 Å². The maximum Gasteiger partial charge on any atom is 0.254 e. The van der Waals surface area contributed by atoms with Gasteiger partial charge in [-0.2, -0.15) is 0 Å². The topological polar surface area (TPSA) is 68.0 Å². The van der Waals surface area contributed by atoms with Gasteiger partial charge in [0.25, 0.3) is 5.91 Å². The Hall–Kier alpha value is -2.12. The average molecular weight is 374 g/mol. The van der Waals surface area contributed by atoms with Crippen LogP contribution in [0.2, 0.25) is 0 Å². The minimum atomic E-state index is -0.109. The predicted molar refractivity (Wildman–Crippen MR) is 100 cm³/mol. The number of carbonyl (C=O) groups excluding carboxylic acids is 1. The normalized spacial score (nSPS) is 10.8. The van der Waals surface area contributed by atoms with E-state index in [2.05, 4.69) is 21.5 Å². The molecule has 0 atom stereocenters. The molecule has 0 spiro atoms. The molecule has 7 heteroatoms. The molecule has 3 heterocycles. The molecule has 0 fully saturated rings. The molecule has 0 aromatic carbocycles. The van der Waals surface area contributed by atoms with Crippen molar-refractivity contribution in [3.8, 4) is 0 Å². The lowest BCUT2D eigenvalue weighted by Gasteiger charge is -2.09. The van der Waals surface area contributed by atoms with Crippen LogP contribution >= 0.6 is 23.1 Å². The van der Waals surface area contributed by atoms with Gasteiger partial charge in [-0.15, -0.1) is 23.1 Å². The third-order valence-corrected chi connectivity index (χ3v) is 5.98. The van der Waals surface area contributed by atoms with E-state index < -0.39 is 0 Å². The number of thiophene rings is 1. The molecule has 0 bridgehead atoms. The summed E-state index contributed by atoms with van der Waals surface area (Å²) >= 11 is 3.17. The van der Waals surface area contributed by atoms with Crippen molar-refractivity contribution in [3.05, 3.63) is 62.8 Å². The van der Waals surface area contributed by atoms with Gasteiger partial charge in [0.2, 0.25) is 0 Å². The largest absolute Gasteiger partial charge is 0.361 e. The van der Waals surface area contributed by atoms with Crippen molar-refractivity contribution in [1.29, 1.82) is 0 Å². The molecule has 0 aliphatic carbocycles. The number of hydrogen-bond acceptors (Lipinski definition) is 6. The summed E-state index contributed by atoms with van der Waals surface area (Å²) in [6, 6.07) is 5.64. The Morgan fingerprint density at radius 1 is 1.32 bits per heavy atom. The van der Waals surface area contributed by atoms with Crippen LogP contribution in [0.1, 0.15) is 37.8 Å². The fraction of sp³-hybridized carbons (Fsp3) is 0.278. The highest BCUT2D eigenvalue weighted by Crippen LogP contribution is 2.27. The molecule has 0 aliphatic heterocycles. The van der Waals surface area contributed by atoms with E-state index in [1.807, 2.05) is 26.2 Å². The fourth-order valence-electron chi connectivity index (χ4n) is 2.37. The first-order valence-corrected chi connectivity index (χ1v) is 9.73. The number of pyridine rings is 1. The molecule has 0 saturated heterocycles. The number of hydrogen-bond donors (Lipinski definition) is 1. The van der Waals surface area contributed by atoms with Crippen LogP contribution in [0.5, 0.6) is 0 Å².